The van der Waals surface area contributed by atoms with Crippen molar-refractivity contribution in [1.29, 1.82) is 0 Å². The molecule has 22 heavy (non-hydrogen) atoms. The van der Waals surface area contributed by atoms with E-state index >= 15 is 0 Å². The molecule has 2 rings (SSSR count). The lowest BCUT2D eigenvalue weighted by molar-refractivity contribution is -0.121. The van der Waals surface area contributed by atoms with Crippen LogP contribution < -0.4 is 5.32 Å². The minimum absolute atomic E-state index is 0.133. The van der Waals surface area contributed by atoms with E-state index in [1.807, 2.05) is 12.1 Å². The van der Waals surface area contributed by atoms with E-state index in [-0.39, 0.29) is 11.5 Å². The molecule has 6 heteroatoms. The molecule has 0 bridgehead atoms. The van der Waals surface area contributed by atoms with Crippen LogP contribution in [0.15, 0.2) is 34.1 Å². The molecule has 0 fully saturated rings. The Morgan fingerprint density at radius 1 is 1.32 bits per heavy atom. The monoisotopic (exact) mass is 387 g/mol. The number of thiophene rings is 1. The van der Waals surface area contributed by atoms with Gasteiger partial charge >= 0.3 is 0 Å². The molecule has 1 aromatic heterocycles. The van der Waals surface area contributed by atoms with E-state index in [2.05, 4.69) is 21.2 Å². The van der Waals surface area contributed by atoms with Gasteiger partial charge in [-0.25, -0.2) is 8.78 Å². The summed E-state index contributed by atoms with van der Waals surface area (Å²) >= 11 is 5.05. The van der Waals surface area contributed by atoms with E-state index in [4.69, 9.17) is 0 Å². The van der Waals surface area contributed by atoms with E-state index in [1.165, 1.54) is 17.0 Å². The first-order valence-corrected chi connectivity index (χ1v) is 8.55. The molecule has 0 aliphatic heterocycles. The lowest BCUT2D eigenvalue weighted by atomic mass is 10.1. The second-order valence-electron chi connectivity index (χ2n) is 5.01. The number of carbonyl (C=O) groups is 1. The van der Waals surface area contributed by atoms with E-state index in [1.54, 1.807) is 18.3 Å². The fourth-order valence-electron chi connectivity index (χ4n) is 2.15. The van der Waals surface area contributed by atoms with Crippen molar-refractivity contribution in [3.63, 3.8) is 0 Å². The number of nitrogens with one attached hydrogen (secondary N) is 1. The van der Waals surface area contributed by atoms with Crippen molar-refractivity contribution in [2.24, 2.45) is 0 Å². The molecular formula is C16H16BrF2NOS. The van der Waals surface area contributed by atoms with E-state index < -0.39 is 17.7 Å². The van der Waals surface area contributed by atoms with Gasteiger partial charge in [-0.15, -0.1) is 11.3 Å². The Bertz CT molecular complexity index is 659. The quantitative estimate of drug-likeness (QED) is 0.742. The summed E-state index contributed by atoms with van der Waals surface area (Å²) in [5.41, 5.74) is 0.289. The van der Waals surface area contributed by atoms with E-state index in [9.17, 15) is 13.6 Å². The summed E-state index contributed by atoms with van der Waals surface area (Å²) in [5, 5.41) is 2.74. The lowest BCUT2D eigenvalue weighted by Crippen LogP contribution is -2.27. The van der Waals surface area contributed by atoms with Crippen LogP contribution in [-0.4, -0.2) is 5.91 Å². The SMILES string of the molecule is CC(NC(=O)CCCc1ccc(Br)s1)c1ccc(F)cc1F. The third kappa shape index (κ3) is 4.88. The summed E-state index contributed by atoms with van der Waals surface area (Å²) in [6, 6.07) is 6.91. The largest absolute Gasteiger partial charge is 0.349 e. The average molecular weight is 388 g/mol. The maximum absolute atomic E-state index is 13.6. The van der Waals surface area contributed by atoms with Gasteiger partial charge in [-0.05, 0) is 53.9 Å². The highest BCUT2D eigenvalue weighted by Gasteiger charge is 2.14. The topological polar surface area (TPSA) is 29.1 Å². The molecule has 118 valence electrons. The van der Waals surface area contributed by atoms with E-state index in [0.29, 0.717) is 6.42 Å². The first kappa shape index (κ1) is 17.1. The standard InChI is InChI=1S/C16H16BrF2NOS/c1-10(13-7-5-11(18)9-14(13)19)20-16(21)4-2-3-12-6-8-15(17)22-12/h5-10H,2-4H2,1H3,(H,20,21). The molecule has 0 aliphatic carbocycles. The molecule has 2 aromatic rings. The van der Waals surface area contributed by atoms with Gasteiger partial charge in [0, 0.05) is 22.9 Å². The van der Waals surface area contributed by atoms with Crippen molar-refractivity contribution in [2.45, 2.75) is 32.2 Å². The van der Waals surface area contributed by atoms with Gasteiger partial charge in [0.05, 0.1) is 9.83 Å². The maximum atomic E-state index is 13.6. The number of aryl methyl sites for hydroxylation is 1. The van der Waals surface area contributed by atoms with Gasteiger partial charge in [0.15, 0.2) is 0 Å². The zero-order valence-corrected chi connectivity index (χ0v) is 14.4. The van der Waals surface area contributed by atoms with Crippen molar-refractivity contribution < 1.29 is 13.6 Å². The highest BCUT2D eigenvalue weighted by atomic mass is 79.9. The first-order valence-electron chi connectivity index (χ1n) is 6.94. The Morgan fingerprint density at radius 3 is 2.73 bits per heavy atom. The minimum atomic E-state index is -0.642. The van der Waals surface area contributed by atoms with Gasteiger partial charge in [0.25, 0.3) is 0 Å². The Labute approximate surface area is 140 Å². The van der Waals surface area contributed by atoms with Crippen LogP contribution >= 0.6 is 27.3 Å². The van der Waals surface area contributed by atoms with Crippen LogP contribution in [0.25, 0.3) is 0 Å². The number of hydrogen-bond donors (Lipinski definition) is 1. The molecule has 1 N–H and O–H groups in total. The third-order valence-electron chi connectivity index (χ3n) is 3.26. The number of carbonyl (C=O) groups excluding carboxylic acids is 1. The van der Waals surface area contributed by atoms with Crippen LogP contribution in [0.1, 0.15) is 36.2 Å². The molecule has 0 aliphatic rings. The van der Waals surface area contributed by atoms with Crippen LogP contribution in [0, 0.1) is 11.6 Å². The Hall–Kier alpha value is -1.27. The Kier molecular flexibility index (Phi) is 6.08. The molecule has 1 unspecified atom stereocenters. The number of hydrogen-bond acceptors (Lipinski definition) is 2. The second kappa shape index (κ2) is 7.83. The number of amides is 1. The van der Waals surface area contributed by atoms with Crippen LogP contribution in [0.4, 0.5) is 8.78 Å². The van der Waals surface area contributed by atoms with Crippen LogP contribution in [0.5, 0.6) is 0 Å². The van der Waals surface area contributed by atoms with Crippen LogP contribution in [0.3, 0.4) is 0 Å². The maximum Gasteiger partial charge on any atom is 0.220 e. The normalized spacial score (nSPS) is 12.2. The molecular weight excluding hydrogens is 372 g/mol. The van der Waals surface area contributed by atoms with Crippen LogP contribution in [-0.2, 0) is 11.2 Å². The van der Waals surface area contributed by atoms with Gasteiger partial charge in [-0.3, -0.25) is 4.79 Å². The second-order valence-corrected chi connectivity index (χ2v) is 7.56. The number of halogens is 3. The van der Waals surface area contributed by atoms with Gasteiger partial charge in [-0.2, -0.15) is 0 Å². The summed E-state index contributed by atoms with van der Waals surface area (Å²) in [6.45, 7) is 1.69. The van der Waals surface area contributed by atoms with Gasteiger partial charge in [0.2, 0.25) is 5.91 Å². The molecule has 1 amide bonds. The molecule has 0 radical (unpaired) electrons. The molecule has 0 spiro atoms. The Balaban J connectivity index is 1.81. The molecule has 2 nitrogen and oxygen atoms in total. The fourth-order valence-corrected chi connectivity index (χ4v) is 3.68. The van der Waals surface area contributed by atoms with Crippen molar-refractivity contribution in [2.75, 3.05) is 0 Å². The zero-order chi connectivity index (χ0) is 16.1. The van der Waals surface area contributed by atoms with E-state index in [0.717, 1.165) is 22.7 Å². The summed E-state index contributed by atoms with van der Waals surface area (Å²) in [7, 11) is 0. The molecule has 1 heterocycles. The predicted octanol–water partition coefficient (Wildman–Crippen LogP) is 4.99. The smallest absolute Gasteiger partial charge is 0.220 e. The Morgan fingerprint density at radius 2 is 2.09 bits per heavy atom. The highest BCUT2D eigenvalue weighted by molar-refractivity contribution is 9.11. The molecule has 0 saturated heterocycles. The summed E-state index contributed by atoms with van der Waals surface area (Å²) in [4.78, 5) is 13.1. The third-order valence-corrected chi connectivity index (χ3v) is 4.95. The van der Waals surface area contributed by atoms with Crippen molar-refractivity contribution in [3.05, 3.63) is 56.2 Å². The first-order chi connectivity index (χ1) is 10.5. The summed E-state index contributed by atoms with van der Waals surface area (Å²) in [6.07, 6.45) is 1.95. The molecule has 1 atom stereocenters. The number of rotatable bonds is 6. The van der Waals surface area contributed by atoms with Gasteiger partial charge in [-0.1, -0.05) is 6.07 Å². The average Bonchev–Trinajstić information content (AvgIpc) is 2.84. The van der Waals surface area contributed by atoms with Crippen molar-refractivity contribution in [1.82, 2.24) is 5.32 Å². The van der Waals surface area contributed by atoms with Crippen LogP contribution in [0.2, 0.25) is 0 Å². The minimum Gasteiger partial charge on any atom is -0.349 e. The summed E-state index contributed by atoms with van der Waals surface area (Å²) < 4.78 is 27.6. The summed E-state index contributed by atoms with van der Waals surface area (Å²) in [5.74, 6) is -1.40. The van der Waals surface area contributed by atoms with Gasteiger partial charge in [0.1, 0.15) is 11.6 Å². The lowest BCUT2D eigenvalue weighted by Gasteiger charge is -2.15. The highest BCUT2D eigenvalue weighted by Crippen LogP contribution is 2.23. The number of benzene rings is 1. The zero-order valence-electron chi connectivity index (χ0n) is 12.0. The molecule has 1 aromatic carbocycles. The predicted molar refractivity (Wildman–Crippen MR) is 87.9 cm³/mol. The fraction of sp³-hybridized carbons (Fsp3) is 0.312. The van der Waals surface area contributed by atoms with Crippen molar-refractivity contribution >= 4 is 33.2 Å². The van der Waals surface area contributed by atoms with Gasteiger partial charge < -0.3 is 5.32 Å². The molecule has 0 saturated carbocycles. The van der Waals surface area contributed by atoms with Crippen molar-refractivity contribution in [3.8, 4) is 0 Å².